The van der Waals surface area contributed by atoms with E-state index in [0.717, 1.165) is 12.8 Å². The third kappa shape index (κ3) is 9.18. The van der Waals surface area contributed by atoms with E-state index >= 15 is 0 Å². The van der Waals surface area contributed by atoms with Crippen molar-refractivity contribution in [2.45, 2.75) is 58.3 Å². The van der Waals surface area contributed by atoms with Gasteiger partial charge in [0.15, 0.2) is 0 Å². The van der Waals surface area contributed by atoms with Gasteiger partial charge in [-0.3, -0.25) is 0 Å². The van der Waals surface area contributed by atoms with Gasteiger partial charge in [0, 0.05) is 5.03 Å². The van der Waals surface area contributed by atoms with Crippen LogP contribution in [0.4, 0.5) is 0 Å². The first-order valence-corrected chi connectivity index (χ1v) is 6.51. The van der Waals surface area contributed by atoms with Gasteiger partial charge < -0.3 is 0 Å². The Balaban J connectivity index is 3.18. The molecule has 0 bridgehead atoms. The van der Waals surface area contributed by atoms with Crippen LogP contribution in [-0.2, 0) is 0 Å². The summed E-state index contributed by atoms with van der Waals surface area (Å²) in [5.41, 5.74) is 0. The Morgan fingerprint density at radius 3 is 1.79 bits per heavy atom. The third-order valence-electron chi connectivity index (χ3n) is 2.20. The quantitative estimate of drug-likeness (QED) is 0.467. The Kier molecular flexibility index (Phi) is 10.6. The van der Waals surface area contributed by atoms with Crippen molar-refractivity contribution in [3.63, 3.8) is 0 Å². The predicted molar refractivity (Wildman–Crippen MR) is 67.2 cm³/mol. The van der Waals surface area contributed by atoms with E-state index in [0.29, 0.717) is 5.03 Å². The lowest BCUT2D eigenvalue weighted by Crippen LogP contribution is -1.81. The molecular formula is C11H19Cl3. The van der Waals surface area contributed by atoms with Crippen LogP contribution < -0.4 is 0 Å². The molecule has 0 fully saturated rings. The molecule has 0 aliphatic heterocycles. The van der Waals surface area contributed by atoms with E-state index in [1.807, 2.05) is 0 Å². The summed E-state index contributed by atoms with van der Waals surface area (Å²) in [7, 11) is 0. The van der Waals surface area contributed by atoms with Crippen LogP contribution in [0.15, 0.2) is 9.52 Å². The maximum atomic E-state index is 5.79. The number of halogens is 3. The van der Waals surface area contributed by atoms with Gasteiger partial charge in [0.2, 0.25) is 0 Å². The average Bonchev–Trinajstić information content (AvgIpc) is 2.16. The van der Waals surface area contributed by atoms with E-state index in [1.165, 1.54) is 38.5 Å². The van der Waals surface area contributed by atoms with E-state index in [2.05, 4.69) is 6.92 Å². The van der Waals surface area contributed by atoms with Crippen molar-refractivity contribution >= 4 is 34.8 Å². The highest BCUT2D eigenvalue weighted by Gasteiger charge is 1.98. The zero-order chi connectivity index (χ0) is 10.8. The van der Waals surface area contributed by atoms with Gasteiger partial charge in [-0.25, -0.2) is 0 Å². The van der Waals surface area contributed by atoms with Crippen molar-refractivity contribution in [3.8, 4) is 0 Å². The second-order valence-electron chi connectivity index (χ2n) is 3.54. The average molecular weight is 258 g/mol. The van der Waals surface area contributed by atoms with E-state index in [1.54, 1.807) is 0 Å². The highest BCUT2D eigenvalue weighted by atomic mass is 35.5. The molecule has 3 heteroatoms. The fourth-order valence-electron chi connectivity index (χ4n) is 1.33. The summed E-state index contributed by atoms with van der Waals surface area (Å²) in [6.45, 7) is 2.23. The summed E-state index contributed by atoms with van der Waals surface area (Å²) in [6.07, 6.45) is 9.78. The van der Waals surface area contributed by atoms with Gasteiger partial charge in [-0.05, 0) is 12.8 Å². The monoisotopic (exact) mass is 256 g/mol. The summed E-state index contributed by atoms with van der Waals surface area (Å²) in [4.78, 5) is 0. The summed E-state index contributed by atoms with van der Waals surface area (Å²) in [6, 6.07) is 0. The molecule has 0 radical (unpaired) electrons. The minimum absolute atomic E-state index is 0.220. The molecule has 0 aliphatic carbocycles. The largest absolute Gasteiger partial charge is 0.121 e. The van der Waals surface area contributed by atoms with Crippen molar-refractivity contribution in [1.29, 1.82) is 0 Å². The first-order chi connectivity index (χ1) is 6.68. The predicted octanol–water partition coefficient (Wildman–Crippen LogP) is 6.01. The van der Waals surface area contributed by atoms with Crippen molar-refractivity contribution in [2.75, 3.05) is 0 Å². The molecular weight excluding hydrogens is 238 g/mol. The second kappa shape index (κ2) is 10.1. The smallest absolute Gasteiger partial charge is 0.0866 e. The van der Waals surface area contributed by atoms with Crippen molar-refractivity contribution in [2.24, 2.45) is 0 Å². The number of unbranched alkanes of at least 4 members (excludes halogenated alkanes) is 6. The SMILES string of the molecule is CCCCCCCCCC(Cl)=C(Cl)Cl. The molecule has 0 N–H and O–H groups in total. The highest BCUT2D eigenvalue weighted by molar-refractivity contribution is 6.59. The Labute approximate surface area is 103 Å². The normalized spacial score (nSPS) is 10.3. The summed E-state index contributed by atoms with van der Waals surface area (Å²) < 4.78 is 0.220. The lowest BCUT2D eigenvalue weighted by atomic mass is 10.1. The minimum atomic E-state index is 0.220. The number of hydrogen-bond donors (Lipinski definition) is 0. The molecule has 0 saturated carbocycles. The molecule has 0 aromatic rings. The first-order valence-electron chi connectivity index (χ1n) is 5.38. The van der Waals surface area contributed by atoms with E-state index in [4.69, 9.17) is 34.8 Å². The Bertz CT molecular complexity index is 160. The zero-order valence-corrected chi connectivity index (χ0v) is 11.1. The standard InChI is InChI=1S/C11H19Cl3/c1-2-3-4-5-6-7-8-9-10(12)11(13)14/h2-9H2,1H3. The van der Waals surface area contributed by atoms with Crippen LogP contribution in [0.5, 0.6) is 0 Å². The lowest BCUT2D eigenvalue weighted by molar-refractivity contribution is 0.591. The van der Waals surface area contributed by atoms with E-state index in [9.17, 15) is 0 Å². The molecule has 0 aromatic heterocycles. The van der Waals surface area contributed by atoms with Crippen LogP contribution in [0.1, 0.15) is 58.3 Å². The molecule has 14 heavy (non-hydrogen) atoms. The van der Waals surface area contributed by atoms with Crippen LogP contribution in [0.3, 0.4) is 0 Å². The molecule has 0 rings (SSSR count). The molecule has 0 atom stereocenters. The van der Waals surface area contributed by atoms with Gasteiger partial charge in [0.1, 0.15) is 4.49 Å². The minimum Gasteiger partial charge on any atom is -0.0866 e. The summed E-state index contributed by atoms with van der Waals surface area (Å²) in [5.74, 6) is 0. The molecule has 0 unspecified atom stereocenters. The van der Waals surface area contributed by atoms with Crippen LogP contribution in [0.25, 0.3) is 0 Å². The maximum absolute atomic E-state index is 5.79. The maximum Gasteiger partial charge on any atom is 0.121 e. The molecule has 0 heterocycles. The third-order valence-corrected chi connectivity index (χ3v) is 3.23. The lowest BCUT2D eigenvalue weighted by Gasteiger charge is -2.00. The topological polar surface area (TPSA) is 0 Å². The number of hydrogen-bond acceptors (Lipinski definition) is 0. The second-order valence-corrected chi connectivity index (χ2v) is 4.94. The van der Waals surface area contributed by atoms with Gasteiger partial charge in [-0.2, -0.15) is 0 Å². The van der Waals surface area contributed by atoms with E-state index < -0.39 is 0 Å². The van der Waals surface area contributed by atoms with Crippen LogP contribution in [0.2, 0.25) is 0 Å². The first kappa shape index (κ1) is 14.6. The molecule has 0 spiro atoms. The highest BCUT2D eigenvalue weighted by Crippen LogP contribution is 2.23. The van der Waals surface area contributed by atoms with Crippen molar-refractivity contribution in [3.05, 3.63) is 9.52 Å². The van der Waals surface area contributed by atoms with Gasteiger partial charge in [0.25, 0.3) is 0 Å². The van der Waals surface area contributed by atoms with Crippen LogP contribution >= 0.6 is 34.8 Å². The van der Waals surface area contributed by atoms with Crippen LogP contribution in [-0.4, -0.2) is 0 Å². The number of rotatable bonds is 8. The Morgan fingerprint density at radius 1 is 0.786 bits per heavy atom. The molecule has 0 nitrogen and oxygen atoms in total. The summed E-state index contributed by atoms with van der Waals surface area (Å²) >= 11 is 16.8. The molecule has 0 amide bonds. The van der Waals surface area contributed by atoms with Gasteiger partial charge in [0.05, 0.1) is 0 Å². The fourth-order valence-corrected chi connectivity index (χ4v) is 1.65. The van der Waals surface area contributed by atoms with Gasteiger partial charge in [-0.1, -0.05) is 80.3 Å². The Morgan fingerprint density at radius 2 is 1.29 bits per heavy atom. The zero-order valence-electron chi connectivity index (χ0n) is 8.79. The molecule has 0 aromatic carbocycles. The van der Waals surface area contributed by atoms with Crippen LogP contribution in [0, 0.1) is 0 Å². The fraction of sp³-hybridized carbons (Fsp3) is 0.818. The van der Waals surface area contributed by atoms with Gasteiger partial charge >= 0.3 is 0 Å². The summed E-state index contributed by atoms with van der Waals surface area (Å²) in [5, 5.41) is 0.599. The van der Waals surface area contributed by atoms with Crippen molar-refractivity contribution in [1.82, 2.24) is 0 Å². The van der Waals surface area contributed by atoms with Gasteiger partial charge in [-0.15, -0.1) is 0 Å². The molecule has 0 saturated heterocycles. The van der Waals surface area contributed by atoms with Crippen molar-refractivity contribution < 1.29 is 0 Å². The number of allylic oxidation sites excluding steroid dienone is 1. The molecule has 0 aliphatic rings. The molecule has 84 valence electrons. The van der Waals surface area contributed by atoms with E-state index in [-0.39, 0.29) is 4.49 Å². The Hall–Kier alpha value is 0.610.